The second kappa shape index (κ2) is 6.78. The Morgan fingerprint density at radius 3 is 2.75 bits per heavy atom. The zero-order valence-corrected chi connectivity index (χ0v) is 15.7. The molecule has 0 aliphatic heterocycles. The number of aryl methyl sites for hydroxylation is 1. The molecule has 0 unspecified atom stereocenters. The van der Waals surface area contributed by atoms with Gasteiger partial charge in [-0.15, -0.1) is 0 Å². The topological polar surface area (TPSA) is 97.1 Å². The number of anilines is 1. The number of para-hydroxylation sites is 1. The Hall–Kier alpha value is -3.72. The molecule has 0 saturated carbocycles. The van der Waals surface area contributed by atoms with Crippen LogP contribution in [0.4, 0.5) is 5.69 Å². The van der Waals surface area contributed by atoms with Crippen molar-refractivity contribution in [1.82, 2.24) is 9.55 Å². The number of fused-ring (bicyclic) bond motifs is 2. The molecule has 3 N–H and O–H groups in total. The van der Waals surface area contributed by atoms with Gasteiger partial charge in [-0.25, -0.2) is 4.98 Å². The van der Waals surface area contributed by atoms with Crippen LogP contribution in [0.5, 0.6) is 11.6 Å². The second-order valence-corrected chi connectivity index (χ2v) is 6.63. The summed E-state index contributed by atoms with van der Waals surface area (Å²) in [7, 11) is 1.58. The molecule has 0 atom stereocenters. The van der Waals surface area contributed by atoms with Gasteiger partial charge in [-0.1, -0.05) is 31.2 Å². The number of nitrogens with zero attached hydrogens (tertiary/aromatic N) is 3. The number of benzene rings is 2. The van der Waals surface area contributed by atoms with E-state index in [0.29, 0.717) is 45.5 Å². The molecular weight excluding hydrogens is 352 g/mol. The minimum absolute atomic E-state index is 0.129. The Kier molecular flexibility index (Phi) is 4.28. The third-order valence-corrected chi connectivity index (χ3v) is 4.96. The number of nitrogens with two attached hydrogens (primary N) is 1. The molecule has 2 aromatic heterocycles. The highest BCUT2D eigenvalue weighted by Crippen LogP contribution is 2.41. The number of aromatic hydroxyl groups is 1. The fourth-order valence-electron chi connectivity index (χ4n) is 3.70. The summed E-state index contributed by atoms with van der Waals surface area (Å²) in [6.07, 6.45) is 2.69. The van der Waals surface area contributed by atoms with Gasteiger partial charge in [0.25, 0.3) is 0 Å². The number of pyridine rings is 1. The van der Waals surface area contributed by atoms with E-state index >= 15 is 0 Å². The van der Waals surface area contributed by atoms with E-state index in [0.717, 1.165) is 17.4 Å². The van der Waals surface area contributed by atoms with Gasteiger partial charge < -0.3 is 20.1 Å². The third-order valence-electron chi connectivity index (χ3n) is 4.96. The minimum atomic E-state index is 0.129. The van der Waals surface area contributed by atoms with Gasteiger partial charge in [0.15, 0.2) is 0 Å². The van der Waals surface area contributed by atoms with E-state index in [1.165, 1.54) is 0 Å². The zero-order chi connectivity index (χ0) is 19.8. The summed E-state index contributed by atoms with van der Waals surface area (Å²) in [5.41, 5.74) is 10.2. The van der Waals surface area contributed by atoms with Crippen LogP contribution in [0.15, 0.2) is 42.6 Å². The molecule has 0 aliphatic rings. The lowest BCUT2D eigenvalue weighted by Crippen LogP contribution is -1.96. The van der Waals surface area contributed by atoms with Gasteiger partial charge in [-0.3, -0.25) is 0 Å². The van der Waals surface area contributed by atoms with Crippen LogP contribution < -0.4 is 10.5 Å². The van der Waals surface area contributed by atoms with Crippen molar-refractivity contribution in [3.63, 3.8) is 0 Å². The minimum Gasteiger partial charge on any atom is -0.496 e. The fraction of sp³-hybridized carbons (Fsp3) is 0.182. The van der Waals surface area contributed by atoms with E-state index in [4.69, 9.17) is 15.5 Å². The van der Waals surface area contributed by atoms with Crippen LogP contribution in [0.1, 0.15) is 18.9 Å². The molecule has 2 aromatic carbocycles. The highest BCUT2D eigenvalue weighted by Gasteiger charge is 2.20. The van der Waals surface area contributed by atoms with E-state index in [-0.39, 0.29) is 5.88 Å². The van der Waals surface area contributed by atoms with E-state index in [9.17, 15) is 10.4 Å². The number of hydrogen-bond acceptors (Lipinski definition) is 5. The van der Waals surface area contributed by atoms with Crippen LogP contribution in [-0.2, 0) is 6.54 Å². The molecule has 6 heteroatoms. The quantitative estimate of drug-likeness (QED) is 0.552. The third kappa shape index (κ3) is 2.52. The number of aromatic nitrogens is 2. The van der Waals surface area contributed by atoms with Crippen molar-refractivity contribution in [3.05, 3.63) is 48.2 Å². The first-order chi connectivity index (χ1) is 13.6. The fourth-order valence-corrected chi connectivity index (χ4v) is 3.70. The first-order valence-corrected chi connectivity index (χ1v) is 9.08. The summed E-state index contributed by atoms with van der Waals surface area (Å²) in [5, 5.41) is 21.5. The van der Waals surface area contributed by atoms with Crippen molar-refractivity contribution in [3.8, 4) is 28.8 Å². The molecule has 0 bridgehead atoms. The molecule has 0 spiro atoms. The summed E-state index contributed by atoms with van der Waals surface area (Å²) in [5.74, 6) is 0.725. The first kappa shape index (κ1) is 17.7. The largest absolute Gasteiger partial charge is 0.496 e. The van der Waals surface area contributed by atoms with Crippen molar-refractivity contribution in [2.24, 2.45) is 0 Å². The van der Waals surface area contributed by atoms with E-state index in [1.54, 1.807) is 23.8 Å². The monoisotopic (exact) mass is 372 g/mol. The van der Waals surface area contributed by atoms with Gasteiger partial charge in [0.2, 0.25) is 5.88 Å². The first-order valence-electron chi connectivity index (χ1n) is 9.08. The van der Waals surface area contributed by atoms with Crippen LogP contribution in [-0.4, -0.2) is 21.8 Å². The molecule has 2 heterocycles. The lowest BCUT2D eigenvalue weighted by atomic mass is 9.96. The molecule has 0 amide bonds. The van der Waals surface area contributed by atoms with Crippen molar-refractivity contribution in [2.45, 2.75) is 19.9 Å². The maximum Gasteiger partial charge on any atom is 0.202 e. The number of hydrogen-bond donors (Lipinski definition) is 2. The average molecular weight is 372 g/mol. The van der Waals surface area contributed by atoms with Gasteiger partial charge in [0.05, 0.1) is 40.8 Å². The van der Waals surface area contributed by atoms with Crippen LogP contribution in [0.3, 0.4) is 0 Å². The Bertz CT molecular complexity index is 1250. The summed E-state index contributed by atoms with van der Waals surface area (Å²) in [4.78, 5) is 4.80. The molecule has 4 aromatic rings. The number of nitrogen functional groups attached to an aromatic ring is 1. The van der Waals surface area contributed by atoms with Crippen molar-refractivity contribution in [2.75, 3.05) is 12.8 Å². The number of methoxy groups -OCH3 is 1. The van der Waals surface area contributed by atoms with Gasteiger partial charge >= 0.3 is 0 Å². The maximum atomic E-state index is 10.6. The average Bonchev–Trinajstić information content (AvgIpc) is 3.03. The van der Waals surface area contributed by atoms with Crippen LogP contribution in [0, 0.1) is 11.3 Å². The zero-order valence-electron chi connectivity index (χ0n) is 15.7. The SMILES string of the molecule is CCCn1cc2nc3c(-c4c(C#N)cccc4OC)cccc3c(N)c2c1O. The predicted octanol–water partition coefficient (Wildman–Crippen LogP) is 4.43. The molecular formula is C22H20N4O2. The Morgan fingerprint density at radius 1 is 1.25 bits per heavy atom. The van der Waals surface area contributed by atoms with Gasteiger partial charge in [0, 0.05) is 29.3 Å². The summed E-state index contributed by atoms with van der Waals surface area (Å²) >= 11 is 0. The molecule has 0 saturated heterocycles. The predicted molar refractivity (Wildman–Crippen MR) is 110 cm³/mol. The van der Waals surface area contributed by atoms with Crippen LogP contribution in [0.25, 0.3) is 32.9 Å². The van der Waals surface area contributed by atoms with Crippen molar-refractivity contribution < 1.29 is 9.84 Å². The Balaban J connectivity index is 2.11. The smallest absolute Gasteiger partial charge is 0.202 e. The van der Waals surface area contributed by atoms with Crippen molar-refractivity contribution in [1.29, 1.82) is 5.26 Å². The maximum absolute atomic E-state index is 10.6. The highest BCUT2D eigenvalue weighted by molar-refractivity contribution is 6.12. The Morgan fingerprint density at radius 2 is 2.04 bits per heavy atom. The van der Waals surface area contributed by atoms with Crippen molar-refractivity contribution >= 4 is 27.5 Å². The molecule has 140 valence electrons. The van der Waals surface area contributed by atoms with Crippen LogP contribution in [0.2, 0.25) is 0 Å². The lowest BCUT2D eigenvalue weighted by Gasteiger charge is -2.13. The highest BCUT2D eigenvalue weighted by atomic mass is 16.5. The molecule has 0 radical (unpaired) electrons. The lowest BCUT2D eigenvalue weighted by molar-refractivity contribution is 0.416. The molecule has 4 rings (SSSR count). The molecule has 0 aliphatic carbocycles. The summed E-state index contributed by atoms with van der Waals surface area (Å²) in [6, 6.07) is 13.2. The molecule has 28 heavy (non-hydrogen) atoms. The normalized spacial score (nSPS) is 11.0. The van der Waals surface area contributed by atoms with Gasteiger partial charge in [-0.05, 0) is 18.6 Å². The Labute approximate surface area is 162 Å². The van der Waals surface area contributed by atoms with E-state index in [1.807, 2.05) is 37.4 Å². The summed E-state index contributed by atoms with van der Waals surface area (Å²) in [6.45, 7) is 2.72. The van der Waals surface area contributed by atoms with E-state index in [2.05, 4.69) is 6.07 Å². The number of ether oxygens (including phenoxy) is 1. The van der Waals surface area contributed by atoms with Gasteiger partial charge in [0.1, 0.15) is 5.75 Å². The van der Waals surface area contributed by atoms with Crippen LogP contribution >= 0.6 is 0 Å². The van der Waals surface area contributed by atoms with Gasteiger partial charge in [-0.2, -0.15) is 5.26 Å². The standard InChI is InChI=1S/C22H20N4O2/c1-3-10-26-12-16-19(22(26)27)20(24)15-8-5-7-14(21(15)25-16)18-13(11-23)6-4-9-17(18)28-2/h4-9,12,27H,3,10,24H2,1-2H3. The molecule has 6 nitrogen and oxygen atoms in total. The summed E-state index contributed by atoms with van der Waals surface area (Å²) < 4.78 is 7.27. The molecule has 0 fully saturated rings. The second-order valence-electron chi connectivity index (χ2n) is 6.63. The number of rotatable bonds is 4. The number of nitriles is 1. The van der Waals surface area contributed by atoms with E-state index < -0.39 is 0 Å².